The summed E-state index contributed by atoms with van der Waals surface area (Å²) in [4.78, 5) is 0. The van der Waals surface area contributed by atoms with Gasteiger partial charge in [0, 0.05) is 33.5 Å². The molecule has 0 bridgehead atoms. The molecule has 4 heteroatoms. The van der Waals surface area contributed by atoms with Crippen molar-refractivity contribution in [3.05, 3.63) is 102 Å². The molecule has 0 amide bonds. The fourth-order valence-electron chi connectivity index (χ4n) is 5.74. The van der Waals surface area contributed by atoms with Crippen molar-refractivity contribution in [3.63, 3.8) is 0 Å². The molecule has 1 radical (unpaired) electrons. The molecule has 4 aromatic carbocycles. The zero-order valence-corrected chi connectivity index (χ0v) is 22.8. The van der Waals surface area contributed by atoms with E-state index in [-0.39, 0.29) is 27.6 Å². The van der Waals surface area contributed by atoms with Gasteiger partial charge in [0.05, 0.1) is 0 Å². The van der Waals surface area contributed by atoms with Gasteiger partial charge in [-0.05, 0) is 11.5 Å². The minimum absolute atomic E-state index is 0. The van der Waals surface area contributed by atoms with Gasteiger partial charge in [-0.25, -0.2) is 0 Å². The number of aryl methyl sites for hydroxylation is 1. The topological polar surface area (TPSA) is 18.1 Å². The molecule has 0 aliphatic heterocycles. The van der Waals surface area contributed by atoms with E-state index < -0.39 is 0 Å². The summed E-state index contributed by atoms with van der Waals surface area (Å²) in [5.41, 5.74) is 7.74. The SMILES string of the molecule is CC([S-])C1CCCc2cc3c4ccccc4n(-c4[c-]c5c(-c6[c-]cccc6)cccc5o4)c3[c-]c21.[Au]. The average Bonchev–Trinajstić information content (AvgIpc) is 3.46. The van der Waals surface area contributed by atoms with Crippen LogP contribution < -0.4 is 0 Å². The number of hydrogen-bond donors (Lipinski definition) is 0. The Balaban J connectivity index is 0.00000240. The van der Waals surface area contributed by atoms with Crippen molar-refractivity contribution in [1.29, 1.82) is 0 Å². The Morgan fingerprint density at radius 1 is 1.00 bits per heavy atom. The molecule has 2 atom stereocenters. The first-order valence-corrected chi connectivity index (χ1v) is 12.7. The molecule has 183 valence electrons. The summed E-state index contributed by atoms with van der Waals surface area (Å²) in [5.74, 6) is 1.05. The smallest absolute Gasteiger partial charge is 0.126 e. The van der Waals surface area contributed by atoms with Crippen molar-refractivity contribution in [3.8, 4) is 17.0 Å². The Morgan fingerprint density at radius 3 is 2.69 bits per heavy atom. The van der Waals surface area contributed by atoms with Crippen LogP contribution in [0.1, 0.15) is 36.8 Å². The van der Waals surface area contributed by atoms with E-state index in [9.17, 15) is 0 Å². The van der Waals surface area contributed by atoms with E-state index in [1.54, 1.807) is 0 Å². The maximum Gasteiger partial charge on any atom is 0.126 e. The van der Waals surface area contributed by atoms with Gasteiger partial charge in [0.25, 0.3) is 0 Å². The van der Waals surface area contributed by atoms with Crippen LogP contribution in [0.2, 0.25) is 0 Å². The number of hydrogen-bond acceptors (Lipinski definition) is 2. The molecule has 0 saturated carbocycles. The van der Waals surface area contributed by atoms with E-state index in [4.69, 9.17) is 17.0 Å². The molecule has 2 nitrogen and oxygen atoms in total. The summed E-state index contributed by atoms with van der Waals surface area (Å²) in [6.07, 6.45) is 3.41. The molecule has 2 unspecified atom stereocenters. The van der Waals surface area contributed by atoms with Crippen LogP contribution >= 0.6 is 0 Å². The molecule has 36 heavy (non-hydrogen) atoms. The Kier molecular flexibility index (Phi) is 6.13. The van der Waals surface area contributed by atoms with Gasteiger partial charge in [0.2, 0.25) is 0 Å². The standard InChI is InChI=1S/C32H24NOS.Au/c1-20(35)23-13-7-11-22-17-27-25-12-5-6-15-29(25)33(30(27)18-26(22)23)32-19-28-24(14-8-16-31(28)34-32)21-9-3-2-4-10-21;/h2-6,8-9,12,14-17,20,23,35H,7,11,13H2,1H3;/q-3;/p-1. The summed E-state index contributed by atoms with van der Waals surface area (Å²) >= 11 is 5.74. The van der Waals surface area contributed by atoms with Crippen LogP contribution in [0.3, 0.4) is 0 Å². The van der Waals surface area contributed by atoms with Crippen molar-refractivity contribution in [2.24, 2.45) is 0 Å². The normalized spacial score (nSPS) is 16.2. The van der Waals surface area contributed by atoms with Gasteiger partial charge < -0.3 is 21.6 Å². The molecule has 2 heterocycles. The molecule has 6 aromatic rings. The predicted molar refractivity (Wildman–Crippen MR) is 145 cm³/mol. The maximum atomic E-state index is 6.46. The molecule has 1 aliphatic carbocycles. The summed E-state index contributed by atoms with van der Waals surface area (Å²) in [5, 5.41) is 3.57. The number of benzene rings is 4. The molecule has 0 N–H and O–H groups in total. The Bertz CT molecular complexity index is 1710. The quantitative estimate of drug-likeness (QED) is 0.109. The number of aromatic nitrogens is 1. The first-order chi connectivity index (χ1) is 17.2. The van der Waals surface area contributed by atoms with E-state index in [1.165, 1.54) is 28.3 Å². The Labute approximate surface area is 232 Å². The van der Waals surface area contributed by atoms with Gasteiger partial charge >= 0.3 is 0 Å². The van der Waals surface area contributed by atoms with Crippen molar-refractivity contribution in [2.75, 3.05) is 0 Å². The molecule has 0 fully saturated rings. The third kappa shape index (κ3) is 3.69. The van der Waals surface area contributed by atoms with Gasteiger partial charge in [-0.3, -0.25) is 0 Å². The minimum Gasteiger partial charge on any atom is -0.789 e. The largest absolute Gasteiger partial charge is 0.789 e. The van der Waals surface area contributed by atoms with Gasteiger partial charge in [0.15, 0.2) is 0 Å². The average molecular weight is 667 g/mol. The van der Waals surface area contributed by atoms with E-state index in [0.717, 1.165) is 46.0 Å². The number of nitrogens with zero attached hydrogens (tertiary/aromatic N) is 1. The fourth-order valence-corrected chi connectivity index (χ4v) is 6.01. The Morgan fingerprint density at radius 2 is 1.86 bits per heavy atom. The van der Waals surface area contributed by atoms with Gasteiger partial charge in [-0.15, -0.1) is 58.3 Å². The molecule has 7 rings (SSSR count). The van der Waals surface area contributed by atoms with Crippen LogP contribution in [-0.4, -0.2) is 9.82 Å². The molecule has 0 spiro atoms. The number of fused-ring (bicyclic) bond motifs is 5. The van der Waals surface area contributed by atoms with Crippen LogP contribution in [0.25, 0.3) is 49.8 Å². The number of furan rings is 1. The molecule has 2 aromatic heterocycles. The van der Waals surface area contributed by atoms with Gasteiger partial charge in [-0.1, -0.05) is 74.0 Å². The zero-order valence-electron chi connectivity index (χ0n) is 19.8. The summed E-state index contributed by atoms with van der Waals surface area (Å²) in [7, 11) is 0. The third-order valence-corrected chi connectivity index (χ3v) is 7.73. The summed E-state index contributed by atoms with van der Waals surface area (Å²) in [6.45, 7) is 2.15. The Hall–Kier alpha value is -2.69. The van der Waals surface area contributed by atoms with Crippen LogP contribution in [-0.2, 0) is 41.4 Å². The minimum atomic E-state index is 0. The van der Waals surface area contributed by atoms with Crippen LogP contribution in [0.4, 0.5) is 0 Å². The summed E-state index contributed by atoms with van der Waals surface area (Å²) < 4.78 is 8.65. The van der Waals surface area contributed by atoms with Crippen LogP contribution in [0.5, 0.6) is 0 Å². The van der Waals surface area contributed by atoms with Crippen molar-refractivity contribution < 1.29 is 26.8 Å². The van der Waals surface area contributed by atoms with Crippen molar-refractivity contribution >= 4 is 45.4 Å². The van der Waals surface area contributed by atoms with Crippen molar-refractivity contribution in [1.82, 2.24) is 4.57 Å². The van der Waals surface area contributed by atoms with E-state index in [0.29, 0.717) is 11.8 Å². The van der Waals surface area contributed by atoms with Gasteiger partial charge in [-0.2, -0.15) is 28.5 Å². The zero-order chi connectivity index (χ0) is 23.5. The van der Waals surface area contributed by atoms with E-state index >= 15 is 0 Å². The first-order valence-electron chi connectivity index (χ1n) is 12.3. The van der Waals surface area contributed by atoms with Crippen LogP contribution in [0.15, 0.2) is 77.2 Å². The van der Waals surface area contributed by atoms with Gasteiger partial charge in [0.1, 0.15) is 5.88 Å². The monoisotopic (exact) mass is 666 g/mol. The van der Waals surface area contributed by atoms with Crippen LogP contribution in [0, 0.1) is 18.2 Å². The summed E-state index contributed by atoms with van der Waals surface area (Å²) in [6, 6.07) is 35.9. The van der Waals surface area contributed by atoms with E-state index in [1.807, 2.05) is 30.3 Å². The second-order valence-corrected chi connectivity index (χ2v) is 10.3. The van der Waals surface area contributed by atoms with Crippen molar-refractivity contribution in [2.45, 2.75) is 37.4 Å². The number of para-hydroxylation sites is 1. The molecule has 0 saturated heterocycles. The second-order valence-electron chi connectivity index (χ2n) is 9.51. The molecular weight excluding hydrogens is 643 g/mol. The molecule has 1 aliphatic rings. The second kappa shape index (κ2) is 9.32. The maximum absolute atomic E-state index is 6.46. The molecular formula is C32H23AuNOS-4. The fraction of sp³-hybridized carbons (Fsp3) is 0.188. The third-order valence-electron chi connectivity index (χ3n) is 7.40. The number of rotatable bonds is 3. The van der Waals surface area contributed by atoms with E-state index in [2.05, 4.69) is 72.2 Å². The predicted octanol–water partition coefficient (Wildman–Crippen LogP) is 7.95. The first kappa shape index (κ1) is 23.7.